The lowest BCUT2D eigenvalue weighted by Crippen LogP contribution is -2.51. The number of hydrogen-bond donors (Lipinski definition) is 3. The van der Waals surface area contributed by atoms with Crippen LogP contribution in [-0.2, 0) is 12.8 Å². The summed E-state index contributed by atoms with van der Waals surface area (Å²) in [5.74, 6) is -0.0495. The van der Waals surface area contributed by atoms with Gasteiger partial charge in [-0.1, -0.05) is 6.07 Å². The Labute approximate surface area is 175 Å². The van der Waals surface area contributed by atoms with E-state index in [-0.39, 0.29) is 23.5 Å². The van der Waals surface area contributed by atoms with Crippen LogP contribution in [0.4, 0.5) is 13.2 Å². The molecule has 0 bridgehead atoms. The lowest BCUT2D eigenvalue weighted by atomic mass is 10.0. The zero-order chi connectivity index (χ0) is 22.8. The maximum Gasteiger partial charge on any atom is 0.433 e. The molecule has 3 aromatic rings. The number of aliphatic hydroxyl groups is 2. The van der Waals surface area contributed by atoms with Crippen LogP contribution in [0.15, 0.2) is 40.9 Å². The summed E-state index contributed by atoms with van der Waals surface area (Å²) >= 11 is 0. The van der Waals surface area contributed by atoms with Crippen LogP contribution in [0.3, 0.4) is 0 Å². The standard InChI is InChI=1S/C21H21F3N2O5/c1-12-17(19(29)26-20(2,10-27)11-28)15-8-14(5-6-16(15)31-12)30-9-13-4-3-7-25-18(13)21(22,23)24/h3-8,27-28H,9-11H2,1-2H3,(H,26,29). The summed E-state index contributed by atoms with van der Waals surface area (Å²) in [6.45, 7) is 1.72. The highest BCUT2D eigenvalue weighted by Gasteiger charge is 2.35. The number of alkyl halides is 3. The van der Waals surface area contributed by atoms with Gasteiger partial charge in [-0.15, -0.1) is 0 Å². The topological polar surface area (TPSA) is 105 Å². The van der Waals surface area contributed by atoms with Crippen LogP contribution < -0.4 is 10.1 Å². The third-order valence-corrected chi connectivity index (χ3v) is 4.73. The van der Waals surface area contributed by atoms with E-state index in [1.54, 1.807) is 13.0 Å². The Bertz CT molecular complexity index is 1090. The van der Waals surface area contributed by atoms with Gasteiger partial charge in [-0.25, -0.2) is 0 Å². The van der Waals surface area contributed by atoms with Crippen LogP contribution in [0, 0.1) is 6.92 Å². The van der Waals surface area contributed by atoms with Crippen LogP contribution in [-0.4, -0.2) is 39.9 Å². The van der Waals surface area contributed by atoms with Gasteiger partial charge in [0.05, 0.1) is 24.3 Å². The molecule has 7 nitrogen and oxygen atoms in total. The van der Waals surface area contributed by atoms with Crippen molar-refractivity contribution in [3.8, 4) is 5.75 Å². The smallest absolute Gasteiger partial charge is 0.433 e. The predicted molar refractivity (Wildman–Crippen MR) is 105 cm³/mol. The normalized spacial score (nSPS) is 12.2. The van der Waals surface area contributed by atoms with Gasteiger partial charge in [-0.3, -0.25) is 9.78 Å². The summed E-state index contributed by atoms with van der Waals surface area (Å²) in [6, 6.07) is 7.21. The fraction of sp³-hybridized carbons (Fsp3) is 0.333. The second-order valence-electron chi connectivity index (χ2n) is 7.32. The van der Waals surface area contributed by atoms with E-state index in [0.717, 1.165) is 6.20 Å². The lowest BCUT2D eigenvalue weighted by Gasteiger charge is -2.26. The van der Waals surface area contributed by atoms with Gasteiger partial charge in [0.25, 0.3) is 5.91 Å². The molecule has 10 heteroatoms. The molecule has 1 aromatic carbocycles. The van der Waals surface area contributed by atoms with E-state index in [0.29, 0.717) is 16.7 Å². The molecule has 0 spiro atoms. The van der Waals surface area contributed by atoms with Crippen molar-refractivity contribution < 1.29 is 37.3 Å². The van der Waals surface area contributed by atoms with E-state index in [1.807, 2.05) is 0 Å². The number of furan rings is 1. The first-order valence-corrected chi connectivity index (χ1v) is 9.29. The zero-order valence-electron chi connectivity index (χ0n) is 16.8. The number of nitrogens with one attached hydrogen (secondary N) is 1. The van der Waals surface area contributed by atoms with Gasteiger partial charge in [-0.05, 0) is 38.1 Å². The van der Waals surface area contributed by atoms with E-state index in [1.165, 1.54) is 31.2 Å². The Morgan fingerprint density at radius 3 is 2.58 bits per heavy atom. The average molecular weight is 438 g/mol. The molecule has 3 rings (SSSR count). The highest BCUT2D eigenvalue weighted by molar-refractivity contribution is 6.07. The molecule has 3 N–H and O–H groups in total. The van der Waals surface area contributed by atoms with Crippen LogP contribution in [0.5, 0.6) is 5.75 Å². The number of aromatic nitrogens is 1. The van der Waals surface area contributed by atoms with Gasteiger partial charge in [0.1, 0.15) is 23.7 Å². The molecule has 0 aliphatic carbocycles. The maximum absolute atomic E-state index is 13.1. The number of halogens is 3. The maximum atomic E-state index is 13.1. The largest absolute Gasteiger partial charge is 0.489 e. The SMILES string of the molecule is Cc1oc2ccc(OCc3cccnc3C(F)(F)F)cc2c1C(=O)NC(C)(CO)CO. The number of hydrogen-bond acceptors (Lipinski definition) is 6. The van der Waals surface area contributed by atoms with Crippen molar-refractivity contribution in [1.82, 2.24) is 10.3 Å². The number of benzene rings is 1. The third kappa shape index (κ3) is 4.80. The van der Waals surface area contributed by atoms with Crippen molar-refractivity contribution in [2.24, 2.45) is 0 Å². The summed E-state index contributed by atoms with van der Waals surface area (Å²) in [6.07, 6.45) is -3.55. The third-order valence-electron chi connectivity index (χ3n) is 4.73. The zero-order valence-corrected chi connectivity index (χ0v) is 16.8. The number of nitrogens with zero attached hydrogens (tertiary/aromatic N) is 1. The van der Waals surface area contributed by atoms with E-state index < -0.39 is 36.5 Å². The molecule has 0 fully saturated rings. The number of ether oxygens (including phenoxy) is 1. The van der Waals surface area contributed by atoms with Gasteiger partial charge in [0.15, 0.2) is 5.69 Å². The molecular formula is C21H21F3N2O5. The molecule has 1 amide bonds. The molecule has 0 aliphatic heterocycles. The number of carbonyl (C=O) groups excluding carboxylic acids is 1. The summed E-state index contributed by atoms with van der Waals surface area (Å²) in [7, 11) is 0. The molecule has 2 heterocycles. The Morgan fingerprint density at radius 2 is 1.94 bits per heavy atom. The molecular weight excluding hydrogens is 417 g/mol. The van der Waals surface area contributed by atoms with Gasteiger partial charge in [-0.2, -0.15) is 13.2 Å². The fourth-order valence-electron chi connectivity index (χ4n) is 3.01. The van der Waals surface area contributed by atoms with E-state index in [9.17, 15) is 28.2 Å². The van der Waals surface area contributed by atoms with Crippen LogP contribution >= 0.6 is 0 Å². The highest BCUT2D eigenvalue weighted by atomic mass is 19.4. The first-order chi connectivity index (χ1) is 14.6. The minimum absolute atomic E-state index is 0.127. The second kappa shape index (κ2) is 8.56. The van der Waals surface area contributed by atoms with Crippen molar-refractivity contribution in [3.05, 3.63) is 59.1 Å². The molecule has 166 valence electrons. The van der Waals surface area contributed by atoms with Crippen molar-refractivity contribution in [2.75, 3.05) is 13.2 Å². The van der Waals surface area contributed by atoms with Crippen molar-refractivity contribution in [2.45, 2.75) is 32.2 Å². The van der Waals surface area contributed by atoms with Gasteiger partial charge < -0.3 is 24.7 Å². The molecule has 2 aromatic heterocycles. The Balaban J connectivity index is 1.89. The summed E-state index contributed by atoms with van der Waals surface area (Å²) in [5.41, 5.74) is -1.84. The van der Waals surface area contributed by atoms with Crippen molar-refractivity contribution in [1.29, 1.82) is 0 Å². The first kappa shape index (κ1) is 22.6. The molecule has 0 radical (unpaired) electrons. The number of aryl methyl sites for hydroxylation is 1. The molecule has 0 unspecified atom stereocenters. The second-order valence-corrected chi connectivity index (χ2v) is 7.32. The number of pyridine rings is 1. The summed E-state index contributed by atoms with van der Waals surface area (Å²) in [5, 5.41) is 21.8. The number of carbonyl (C=O) groups is 1. The molecule has 31 heavy (non-hydrogen) atoms. The van der Waals surface area contributed by atoms with Gasteiger partial charge >= 0.3 is 6.18 Å². The van der Waals surface area contributed by atoms with Gasteiger partial charge in [0.2, 0.25) is 0 Å². The van der Waals surface area contributed by atoms with Gasteiger partial charge in [0, 0.05) is 17.1 Å². The Morgan fingerprint density at radius 1 is 1.23 bits per heavy atom. The van der Waals surface area contributed by atoms with Crippen molar-refractivity contribution in [3.63, 3.8) is 0 Å². The molecule has 0 atom stereocenters. The number of amides is 1. The quantitative estimate of drug-likeness (QED) is 0.523. The van der Waals surface area contributed by atoms with E-state index >= 15 is 0 Å². The van der Waals surface area contributed by atoms with Crippen LogP contribution in [0.2, 0.25) is 0 Å². The summed E-state index contributed by atoms with van der Waals surface area (Å²) in [4.78, 5) is 16.1. The van der Waals surface area contributed by atoms with Crippen LogP contribution in [0.1, 0.15) is 34.3 Å². The molecule has 0 aliphatic rings. The lowest BCUT2D eigenvalue weighted by molar-refractivity contribution is -0.142. The minimum Gasteiger partial charge on any atom is -0.489 e. The predicted octanol–water partition coefficient (Wildman–Crippen LogP) is 3.21. The van der Waals surface area contributed by atoms with Crippen molar-refractivity contribution >= 4 is 16.9 Å². The number of rotatable bonds is 7. The Hall–Kier alpha value is -3.11. The number of aliphatic hydroxyl groups excluding tert-OH is 2. The highest BCUT2D eigenvalue weighted by Crippen LogP contribution is 2.32. The first-order valence-electron chi connectivity index (χ1n) is 9.29. The monoisotopic (exact) mass is 438 g/mol. The average Bonchev–Trinajstić information content (AvgIpc) is 3.06. The molecule has 0 saturated carbocycles. The summed E-state index contributed by atoms with van der Waals surface area (Å²) < 4.78 is 50.4. The van der Waals surface area contributed by atoms with E-state index in [2.05, 4.69) is 10.3 Å². The Kier molecular flexibility index (Phi) is 6.23. The van der Waals surface area contributed by atoms with E-state index in [4.69, 9.17) is 9.15 Å². The fourth-order valence-corrected chi connectivity index (χ4v) is 3.01. The minimum atomic E-state index is -4.61. The number of fused-ring (bicyclic) bond motifs is 1. The molecule has 0 saturated heterocycles. The van der Waals surface area contributed by atoms with Crippen LogP contribution in [0.25, 0.3) is 11.0 Å².